The predicted molar refractivity (Wildman–Crippen MR) is 148 cm³/mol. The summed E-state index contributed by atoms with van der Waals surface area (Å²) in [4.78, 5) is 10.2. The van der Waals surface area contributed by atoms with Gasteiger partial charge in [-0.3, -0.25) is 9.98 Å². The van der Waals surface area contributed by atoms with Crippen LogP contribution in [0.25, 0.3) is 0 Å². The molecule has 2 aromatic carbocycles. The second-order valence-corrected chi connectivity index (χ2v) is 9.09. The van der Waals surface area contributed by atoms with Crippen molar-refractivity contribution in [2.75, 3.05) is 0 Å². The Kier molecular flexibility index (Phi) is 15.0. The molecule has 0 aliphatic carbocycles. The van der Waals surface area contributed by atoms with E-state index in [9.17, 15) is 0 Å². The summed E-state index contributed by atoms with van der Waals surface area (Å²) in [6, 6.07) is 13.4. The third-order valence-corrected chi connectivity index (χ3v) is 6.65. The molecule has 0 unspecified atom stereocenters. The Hall–Kier alpha value is -1.73. The Labute approximate surface area is 219 Å². The number of nitrogens with zero attached hydrogens (tertiary/aromatic N) is 2. The van der Waals surface area contributed by atoms with E-state index in [0.717, 1.165) is 54.9 Å². The maximum absolute atomic E-state index is 5.13. The van der Waals surface area contributed by atoms with Crippen LogP contribution < -0.4 is 0 Å². The van der Waals surface area contributed by atoms with E-state index in [1.807, 2.05) is 0 Å². The molecular weight excluding hydrogens is 459 g/mol. The number of hydrogen-bond acceptors (Lipinski definition) is 2. The zero-order chi connectivity index (χ0) is 24.1. The quantitative estimate of drug-likeness (QED) is 0.139. The summed E-state index contributed by atoms with van der Waals surface area (Å²) < 4.78 is 0. The van der Waals surface area contributed by atoms with Crippen molar-refractivity contribution < 1.29 is 16.5 Å². The van der Waals surface area contributed by atoms with Gasteiger partial charge in [0.15, 0.2) is 0 Å². The molecule has 0 aliphatic heterocycles. The SMILES string of the molecule is CCCCCCCCC(=Nc1ccc(CC)c(CC)c1)C(C)=Nc1ccc(CC)c(CC)c1.[Ni]. The number of unbranched alkanes of at least 4 members (excludes halogenated alkanes) is 5. The van der Waals surface area contributed by atoms with Crippen LogP contribution >= 0.6 is 0 Å². The van der Waals surface area contributed by atoms with Crippen molar-refractivity contribution in [3.05, 3.63) is 58.7 Å². The minimum atomic E-state index is 0. The van der Waals surface area contributed by atoms with E-state index in [2.05, 4.69) is 77.9 Å². The van der Waals surface area contributed by atoms with E-state index in [1.165, 1.54) is 60.8 Å². The summed E-state index contributed by atoms with van der Waals surface area (Å²) in [7, 11) is 0. The van der Waals surface area contributed by atoms with Gasteiger partial charge in [-0.25, -0.2) is 0 Å². The van der Waals surface area contributed by atoms with Crippen LogP contribution in [0, 0.1) is 0 Å². The van der Waals surface area contributed by atoms with Crippen molar-refractivity contribution in [2.45, 2.75) is 112 Å². The van der Waals surface area contributed by atoms with Crippen LogP contribution in [0.2, 0.25) is 0 Å². The van der Waals surface area contributed by atoms with Gasteiger partial charge in [-0.2, -0.15) is 0 Å². The fourth-order valence-electron chi connectivity index (χ4n) is 4.52. The van der Waals surface area contributed by atoms with E-state index >= 15 is 0 Å². The fourth-order valence-corrected chi connectivity index (χ4v) is 4.52. The van der Waals surface area contributed by atoms with Gasteiger partial charge in [0.25, 0.3) is 0 Å². The minimum absolute atomic E-state index is 0. The Morgan fingerprint density at radius 2 is 1.06 bits per heavy atom. The van der Waals surface area contributed by atoms with Crippen molar-refractivity contribution in [3.8, 4) is 0 Å². The van der Waals surface area contributed by atoms with Crippen LogP contribution in [-0.2, 0) is 42.2 Å². The maximum Gasteiger partial charge on any atom is 0.0636 e. The van der Waals surface area contributed by atoms with Gasteiger partial charge in [-0.05, 0) is 92.0 Å². The molecule has 190 valence electrons. The second-order valence-electron chi connectivity index (χ2n) is 9.09. The topological polar surface area (TPSA) is 24.7 Å². The van der Waals surface area contributed by atoms with Gasteiger partial charge in [-0.15, -0.1) is 0 Å². The summed E-state index contributed by atoms with van der Waals surface area (Å²) >= 11 is 0. The van der Waals surface area contributed by atoms with Crippen molar-refractivity contribution in [1.29, 1.82) is 0 Å². The number of rotatable bonds is 14. The third-order valence-electron chi connectivity index (χ3n) is 6.65. The molecule has 0 radical (unpaired) electrons. The van der Waals surface area contributed by atoms with Crippen molar-refractivity contribution in [3.63, 3.8) is 0 Å². The fraction of sp³-hybridized carbons (Fsp3) is 0.548. The van der Waals surface area contributed by atoms with E-state index in [0.29, 0.717) is 0 Å². The monoisotopic (exact) mass is 504 g/mol. The molecule has 0 bridgehead atoms. The van der Waals surface area contributed by atoms with Crippen LogP contribution in [0.4, 0.5) is 11.4 Å². The average molecular weight is 505 g/mol. The molecule has 0 amide bonds. The molecule has 0 aromatic heterocycles. The Morgan fingerprint density at radius 1 is 0.588 bits per heavy atom. The van der Waals surface area contributed by atoms with E-state index in [1.54, 1.807) is 0 Å². The van der Waals surface area contributed by atoms with Gasteiger partial charge in [0, 0.05) is 16.5 Å². The first kappa shape index (κ1) is 30.3. The first-order valence-electron chi connectivity index (χ1n) is 13.4. The Morgan fingerprint density at radius 3 is 1.56 bits per heavy atom. The summed E-state index contributed by atoms with van der Waals surface area (Å²) in [5, 5.41) is 0. The van der Waals surface area contributed by atoms with Crippen LogP contribution in [-0.4, -0.2) is 11.4 Å². The summed E-state index contributed by atoms with van der Waals surface area (Å²) in [6.45, 7) is 13.3. The van der Waals surface area contributed by atoms with Gasteiger partial charge in [-0.1, -0.05) is 78.9 Å². The molecule has 34 heavy (non-hydrogen) atoms. The summed E-state index contributed by atoms with van der Waals surface area (Å²) in [6.07, 6.45) is 13.0. The number of aryl methyl sites for hydroxylation is 4. The molecule has 0 saturated carbocycles. The van der Waals surface area contributed by atoms with Crippen LogP contribution in [0.3, 0.4) is 0 Å². The molecule has 0 spiro atoms. The third kappa shape index (κ3) is 9.49. The predicted octanol–water partition coefficient (Wildman–Crippen LogP) is 9.55. The van der Waals surface area contributed by atoms with Gasteiger partial charge in [0.1, 0.15) is 0 Å². The largest absolute Gasteiger partial charge is 0.252 e. The first-order valence-corrected chi connectivity index (χ1v) is 13.4. The van der Waals surface area contributed by atoms with Gasteiger partial charge in [0.05, 0.1) is 22.8 Å². The van der Waals surface area contributed by atoms with E-state index < -0.39 is 0 Å². The molecule has 0 saturated heterocycles. The smallest absolute Gasteiger partial charge is 0.0636 e. The molecule has 0 atom stereocenters. The second kappa shape index (κ2) is 16.8. The van der Waals surface area contributed by atoms with E-state index in [-0.39, 0.29) is 16.5 Å². The molecule has 3 heteroatoms. The van der Waals surface area contributed by atoms with Gasteiger partial charge in [0.2, 0.25) is 0 Å². The van der Waals surface area contributed by atoms with Crippen LogP contribution in [0.15, 0.2) is 46.4 Å². The first-order chi connectivity index (χ1) is 16.1. The van der Waals surface area contributed by atoms with Crippen molar-refractivity contribution in [1.82, 2.24) is 0 Å². The number of benzene rings is 2. The van der Waals surface area contributed by atoms with Crippen LogP contribution in [0.1, 0.15) is 109 Å². The van der Waals surface area contributed by atoms with Gasteiger partial charge < -0.3 is 0 Å². The molecule has 0 heterocycles. The van der Waals surface area contributed by atoms with Gasteiger partial charge >= 0.3 is 0 Å². The average Bonchev–Trinajstić information content (AvgIpc) is 2.84. The Bertz CT molecular complexity index is 927. The summed E-state index contributed by atoms with van der Waals surface area (Å²) in [5.41, 5.74) is 9.98. The minimum Gasteiger partial charge on any atom is -0.252 e. The molecule has 2 rings (SSSR count). The number of aliphatic imine (C=N–C) groups is 2. The van der Waals surface area contributed by atoms with Crippen LogP contribution in [0.5, 0.6) is 0 Å². The number of hydrogen-bond donors (Lipinski definition) is 0. The molecule has 2 aromatic rings. The summed E-state index contributed by atoms with van der Waals surface area (Å²) in [5.74, 6) is 0. The molecule has 0 aliphatic rings. The van der Waals surface area contributed by atoms with Crippen molar-refractivity contribution >= 4 is 22.8 Å². The van der Waals surface area contributed by atoms with Crippen molar-refractivity contribution in [2.24, 2.45) is 9.98 Å². The molecule has 0 fully saturated rings. The Balaban J connectivity index is 0.00000578. The molecule has 2 nitrogen and oxygen atoms in total. The zero-order valence-corrected chi connectivity index (χ0v) is 23.4. The van der Waals surface area contributed by atoms with E-state index in [4.69, 9.17) is 9.98 Å². The molecular formula is C31H46N2Ni. The maximum atomic E-state index is 5.13. The standard InChI is InChI=1S/C31H46N2.Ni/c1-7-12-13-14-15-16-17-31(33-30-21-19-26(9-3)28(11-5)23-30)24(6)32-29-20-18-25(8-2)27(10-4)22-29;/h18-23H,7-17H2,1-6H3;. The zero-order valence-electron chi connectivity index (χ0n) is 22.5. The molecule has 0 N–H and O–H groups in total. The normalized spacial score (nSPS) is 12.1.